The van der Waals surface area contributed by atoms with Crippen molar-refractivity contribution in [3.05, 3.63) is 24.2 Å². The van der Waals surface area contributed by atoms with Crippen molar-refractivity contribution in [3.8, 4) is 0 Å². The molecular weight excluding hydrogens is 286 g/mol. The molecule has 2 saturated heterocycles. The number of fused-ring (bicyclic) bond motifs is 1. The zero-order valence-electron chi connectivity index (χ0n) is 14.0. The van der Waals surface area contributed by atoms with Gasteiger partial charge in [0.05, 0.1) is 0 Å². The molecular formula is C18H27N5. The summed E-state index contributed by atoms with van der Waals surface area (Å²) in [4.78, 5) is 12.2. The standard InChI is InChI=1S/C18H27N5/c1-2-22-11-7-14(12-22)13-23-17(15-5-9-19-10-6-15)21-16-4-3-8-20-18(16)23/h3-4,8,14-15,19H,2,5-7,9-13H2,1H3. The Balaban J connectivity index is 1.65. The van der Waals surface area contributed by atoms with Crippen LogP contribution in [0.15, 0.2) is 18.3 Å². The van der Waals surface area contributed by atoms with Crippen LogP contribution in [0.25, 0.3) is 11.2 Å². The van der Waals surface area contributed by atoms with E-state index in [9.17, 15) is 0 Å². The van der Waals surface area contributed by atoms with E-state index < -0.39 is 0 Å². The molecule has 0 saturated carbocycles. The Hall–Kier alpha value is -1.46. The van der Waals surface area contributed by atoms with Gasteiger partial charge in [-0.3, -0.25) is 0 Å². The van der Waals surface area contributed by atoms with Crippen LogP contribution in [-0.4, -0.2) is 52.2 Å². The smallest absolute Gasteiger partial charge is 0.160 e. The van der Waals surface area contributed by atoms with Gasteiger partial charge in [0.2, 0.25) is 0 Å². The highest BCUT2D eigenvalue weighted by Gasteiger charge is 2.27. The number of piperidine rings is 1. The summed E-state index contributed by atoms with van der Waals surface area (Å²) in [5, 5.41) is 3.46. The Labute approximate surface area is 138 Å². The van der Waals surface area contributed by atoms with Gasteiger partial charge in [0.25, 0.3) is 0 Å². The van der Waals surface area contributed by atoms with Gasteiger partial charge in [-0.05, 0) is 63.5 Å². The molecule has 2 aliphatic heterocycles. The second-order valence-corrected chi connectivity index (χ2v) is 7.00. The summed E-state index contributed by atoms with van der Waals surface area (Å²) in [6.07, 6.45) is 5.58. The van der Waals surface area contributed by atoms with E-state index in [1.54, 1.807) is 0 Å². The minimum Gasteiger partial charge on any atom is -0.317 e. The minimum absolute atomic E-state index is 0.578. The molecule has 23 heavy (non-hydrogen) atoms. The molecule has 1 unspecified atom stereocenters. The number of hydrogen-bond acceptors (Lipinski definition) is 4. The van der Waals surface area contributed by atoms with Gasteiger partial charge in [-0.2, -0.15) is 0 Å². The van der Waals surface area contributed by atoms with Crippen LogP contribution in [0.3, 0.4) is 0 Å². The number of pyridine rings is 1. The van der Waals surface area contributed by atoms with E-state index in [-0.39, 0.29) is 0 Å². The molecule has 0 amide bonds. The second-order valence-electron chi connectivity index (χ2n) is 7.00. The summed E-state index contributed by atoms with van der Waals surface area (Å²) in [6.45, 7) is 9.17. The fourth-order valence-electron chi connectivity index (χ4n) is 4.16. The highest BCUT2D eigenvalue weighted by molar-refractivity contribution is 5.71. The summed E-state index contributed by atoms with van der Waals surface area (Å²) >= 11 is 0. The van der Waals surface area contributed by atoms with Gasteiger partial charge in [0.15, 0.2) is 5.65 Å². The lowest BCUT2D eigenvalue weighted by Gasteiger charge is -2.24. The van der Waals surface area contributed by atoms with Crippen molar-refractivity contribution in [1.82, 2.24) is 24.8 Å². The molecule has 2 fully saturated rings. The quantitative estimate of drug-likeness (QED) is 0.940. The maximum absolute atomic E-state index is 4.98. The molecule has 0 aliphatic carbocycles. The number of nitrogens with one attached hydrogen (secondary N) is 1. The van der Waals surface area contributed by atoms with Crippen molar-refractivity contribution in [2.45, 2.75) is 38.6 Å². The zero-order valence-corrected chi connectivity index (χ0v) is 14.0. The Bertz CT molecular complexity index is 658. The molecule has 5 nitrogen and oxygen atoms in total. The van der Waals surface area contributed by atoms with Crippen molar-refractivity contribution in [2.75, 3.05) is 32.7 Å². The normalized spacial score (nSPS) is 23.8. The van der Waals surface area contributed by atoms with Crippen molar-refractivity contribution in [3.63, 3.8) is 0 Å². The van der Waals surface area contributed by atoms with E-state index in [0.29, 0.717) is 5.92 Å². The van der Waals surface area contributed by atoms with Crippen LogP contribution in [0.5, 0.6) is 0 Å². The van der Waals surface area contributed by atoms with Gasteiger partial charge in [-0.25, -0.2) is 9.97 Å². The number of likely N-dealkylation sites (tertiary alicyclic amines) is 1. The first-order chi connectivity index (χ1) is 11.3. The average molecular weight is 313 g/mol. The average Bonchev–Trinajstić information content (AvgIpc) is 3.21. The van der Waals surface area contributed by atoms with Gasteiger partial charge in [0.1, 0.15) is 11.3 Å². The molecule has 0 aromatic carbocycles. The Morgan fingerprint density at radius 3 is 2.91 bits per heavy atom. The lowest BCUT2D eigenvalue weighted by atomic mass is 9.97. The summed E-state index contributed by atoms with van der Waals surface area (Å²) in [7, 11) is 0. The summed E-state index contributed by atoms with van der Waals surface area (Å²) in [6, 6.07) is 4.11. The predicted molar refractivity (Wildman–Crippen MR) is 92.6 cm³/mol. The molecule has 1 atom stereocenters. The van der Waals surface area contributed by atoms with Gasteiger partial charge >= 0.3 is 0 Å². The van der Waals surface area contributed by atoms with Crippen LogP contribution >= 0.6 is 0 Å². The van der Waals surface area contributed by atoms with Crippen LogP contribution < -0.4 is 5.32 Å². The maximum Gasteiger partial charge on any atom is 0.160 e. The third-order valence-corrected chi connectivity index (χ3v) is 5.50. The van der Waals surface area contributed by atoms with Gasteiger partial charge in [-0.15, -0.1) is 0 Å². The first-order valence-electron chi connectivity index (χ1n) is 9.09. The highest BCUT2D eigenvalue weighted by Crippen LogP contribution is 2.29. The zero-order chi connectivity index (χ0) is 15.6. The molecule has 2 aliphatic rings. The number of nitrogens with zero attached hydrogens (tertiary/aromatic N) is 4. The fourth-order valence-corrected chi connectivity index (χ4v) is 4.16. The van der Waals surface area contributed by atoms with E-state index in [4.69, 9.17) is 4.98 Å². The predicted octanol–water partition coefficient (Wildman–Crippen LogP) is 2.24. The summed E-state index contributed by atoms with van der Waals surface area (Å²) < 4.78 is 2.44. The molecule has 0 bridgehead atoms. The molecule has 0 spiro atoms. The van der Waals surface area contributed by atoms with Crippen LogP contribution in [0, 0.1) is 5.92 Å². The van der Waals surface area contributed by atoms with Crippen LogP contribution in [0.4, 0.5) is 0 Å². The highest BCUT2D eigenvalue weighted by atomic mass is 15.2. The van der Waals surface area contributed by atoms with Crippen molar-refractivity contribution < 1.29 is 0 Å². The van der Waals surface area contributed by atoms with E-state index in [1.165, 1.54) is 44.7 Å². The first kappa shape index (κ1) is 15.1. The number of aromatic nitrogens is 3. The Morgan fingerprint density at radius 1 is 1.26 bits per heavy atom. The van der Waals surface area contributed by atoms with E-state index in [0.717, 1.165) is 36.7 Å². The molecule has 124 valence electrons. The monoisotopic (exact) mass is 313 g/mol. The minimum atomic E-state index is 0.578. The molecule has 2 aromatic heterocycles. The molecule has 5 heteroatoms. The molecule has 0 radical (unpaired) electrons. The number of rotatable bonds is 4. The van der Waals surface area contributed by atoms with Crippen LogP contribution in [-0.2, 0) is 6.54 Å². The Kier molecular flexibility index (Phi) is 4.31. The van der Waals surface area contributed by atoms with Gasteiger partial charge < -0.3 is 14.8 Å². The van der Waals surface area contributed by atoms with Crippen molar-refractivity contribution >= 4 is 11.2 Å². The summed E-state index contributed by atoms with van der Waals surface area (Å²) in [5.41, 5.74) is 2.14. The summed E-state index contributed by atoms with van der Waals surface area (Å²) in [5.74, 6) is 2.58. The molecule has 4 heterocycles. The topological polar surface area (TPSA) is 46.0 Å². The largest absolute Gasteiger partial charge is 0.317 e. The van der Waals surface area contributed by atoms with E-state index in [2.05, 4.69) is 32.8 Å². The number of hydrogen-bond donors (Lipinski definition) is 1. The SMILES string of the molecule is CCN1CCC(Cn2c(C3CCNCC3)nc3cccnc32)C1. The second kappa shape index (κ2) is 6.57. The Morgan fingerprint density at radius 2 is 2.13 bits per heavy atom. The molecule has 1 N–H and O–H groups in total. The lowest BCUT2D eigenvalue weighted by Crippen LogP contribution is -2.29. The third kappa shape index (κ3) is 3.00. The van der Waals surface area contributed by atoms with E-state index >= 15 is 0 Å². The van der Waals surface area contributed by atoms with Crippen molar-refractivity contribution in [1.29, 1.82) is 0 Å². The lowest BCUT2D eigenvalue weighted by molar-refractivity contribution is 0.330. The third-order valence-electron chi connectivity index (χ3n) is 5.50. The molecule has 4 rings (SSSR count). The van der Waals surface area contributed by atoms with Gasteiger partial charge in [-0.1, -0.05) is 6.92 Å². The maximum atomic E-state index is 4.98. The number of imidazole rings is 1. The van der Waals surface area contributed by atoms with Crippen molar-refractivity contribution in [2.24, 2.45) is 5.92 Å². The van der Waals surface area contributed by atoms with Gasteiger partial charge in [0, 0.05) is 25.2 Å². The molecule has 2 aromatic rings. The first-order valence-corrected chi connectivity index (χ1v) is 9.09. The van der Waals surface area contributed by atoms with Crippen LogP contribution in [0.2, 0.25) is 0 Å². The van der Waals surface area contributed by atoms with E-state index in [1.807, 2.05) is 12.3 Å². The van der Waals surface area contributed by atoms with Crippen LogP contribution in [0.1, 0.15) is 37.9 Å². The fraction of sp³-hybridized carbons (Fsp3) is 0.667.